The monoisotopic (exact) mass is 346 g/mol. The fourth-order valence-electron chi connectivity index (χ4n) is 2.75. The number of fused-ring (bicyclic) bond motifs is 1. The van der Waals surface area contributed by atoms with Gasteiger partial charge in [0.15, 0.2) is 11.5 Å². The fourth-order valence-corrected chi connectivity index (χ4v) is 2.75. The Kier molecular flexibility index (Phi) is 5.76. The van der Waals surface area contributed by atoms with E-state index in [1.807, 2.05) is 34.6 Å². The van der Waals surface area contributed by atoms with Crippen molar-refractivity contribution in [2.24, 2.45) is 5.73 Å². The molecular formula is C16H30N2O6. The minimum atomic E-state index is -1.05. The van der Waals surface area contributed by atoms with Crippen molar-refractivity contribution >= 4 is 6.09 Å². The van der Waals surface area contributed by atoms with Crippen molar-refractivity contribution in [2.45, 2.75) is 70.4 Å². The summed E-state index contributed by atoms with van der Waals surface area (Å²) in [5, 5.41) is 2.68. The molecule has 2 rings (SSSR count). The summed E-state index contributed by atoms with van der Waals surface area (Å²) >= 11 is 0. The van der Waals surface area contributed by atoms with Gasteiger partial charge in [-0.3, -0.25) is 5.73 Å². The zero-order valence-corrected chi connectivity index (χ0v) is 15.2. The van der Waals surface area contributed by atoms with Gasteiger partial charge in [0, 0.05) is 6.54 Å². The number of carbonyl (C=O) groups excluding carboxylic acids is 1. The molecule has 8 nitrogen and oxygen atoms in total. The van der Waals surface area contributed by atoms with Crippen LogP contribution in [0.4, 0.5) is 4.79 Å². The van der Waals surface area contributed by atoms with Crippen molar-refractivity contribution in [1.29, 1.82) is 0 Å². The first-order valence-electron chi connectivity index (χ1n) is 8.34. The average molecular weight is 346 g/mol. The molecule has 2 unspecified atom stereocenters. The number of nitrogens with one attached hydrogen (secondary N) is 1. The van der Waals surface area contributed by atoms with E-state index >= 15 is 0 Å². The first kappa shape index (κ1) is 19.4. The molecule has 3 N–H and O–H groups in total. The number of amides is 1. The summed E-state index contributed by atoms with van der Waals surface area (Å²) in [7, 11) is 0. The van der Waals surface area contributed by atoms with Crippen molar-refractivity contribution < 1.29 is 28.5 Å². The Bertz CT molecular complexity index is 450. The molecule has 2 aliphatic heterocycles. The lowest BCUT2D eigenvalue weighted by atomic mass is 10.0. The number of ether oxygens (including phenoxy) is 5. The molecule has 1 amide bonds. The smallest absolute Gasteiger partial charge is 0.407 e. The summed E-state index contributed by atoms with van der Waals surface area (Å²) in [5.41, 5.74) is 4.76. The van der Waals surface area contributed by atoms with E-state index in [2.05, 4.69) is 5.32 Å². The Balaban J connectivity index is 1.72. The van der Waals surface area contributed by atoms with Gasteiger partial charge in [-0.1, -0.05) is 0 Å². The number of hydrogen-bond donors (Lipinski definition) is 2. The van der Waals surface area contributed by atoms with Gasteiger partial charge in [-0.05, 0) is 41.0 Å². The molecule has 0 bridgehead atoms. The SMILES string of the molecule is CC(C)(C)OC(=O)NCCCO[C@]1(N)COCC2OC(C)(C)OC21. The van der Waals surface area contributed by atoms with E-state index in [4.69, 9.17) is 29.4 Å². The van der Waals surface area contributed by atoms with Gasteiger partial charge in [-0.25, -0.2) is 4.79 Å². The topological polar surface area (TPSA) is 101 Å². The van der Waals surface area contributed by atoms with E-state index < -0.39 is 23.2 Å². The van der Waals surface area contributed by atoms with Gasteiger partial charge in [0.25, 0.3) is 0 Å². The van der Waals surface area contributed by atoms with Crippen LogP contribution in [0, 0.1) is 0 Å². The van der Waals surface area contributed by atoms with Crippen LogP contribution in [0.3, 0.4) is 0 Å². The summed E-state index contributed by atoms with van der Waals surface area (Å²) in [6.07, 6.45) is -0.459. The highest BCUT2D eigenvalue weighted by molar-refractivity contribution is 5.67. The number of rotatable bonds is 5. The first-order valence-corrected chi connectivity index (χ1v) is 8.34. The quantitative estimate of drug-likeness (QED) is 0.568. The molecule has 3 atom stereocenters. The minimum Gasteiger partial charge on any atom is -0.444 e. The first-order chi connectivity index (χ1) is 11.0. The summed E-state index contributed by atoms with van der Waals surface area (Å²) in [4.78, 5) is 11.6. The second-order valence-corrected chi connectivity index (χ2v) is 7.70. The highest BCUT2D eigenvalue weighted by Gasteiger charge is 2.54. The van der Waals surface area contributed by atoms with Gasteiger partial charge in [0.2, 0.25) is 0 Å². The maximum atomic E-state index is 11.6. The molecule has 0 spiro atoms. The lowest BCUT2D eigenvalue weighted by molar-refractivity contribution is -0.205. The van der Waals surface area contributed by atoms with Crippen LogP contribution in [-0.2, 0) is 23.7 Å². The Labute approximate surface area is 143 Å². The van der Waals surface area contributed by atoms with Gasteiger partial charge in [0.1, 0.15) is 17.8 Å². The summed E-state index contributed by atoms with van der Waals surface area (Å²) in [6.45, 7) is 10.6. The Morgan fingerprint density at radius 3 is 2.71 bits per heavy atom. The van der Waals surface area contributed by atoms with Gasteiger partial charge >= 0.3 is 6.09 Å². The minimum absolute atomic E-state index is 0.237. The highest BCUT2D eigenvalue weighted by Crippen LogP contribution is 2.36. The van der Waals surface area contributed by atoms with Crippen molar-refractivity contribution in [3.8, 4) is 0 Å². The van der Waals surface area contributed by atoms with Crippen LogP contribution in [0.5, 0.6) is 0 Å². The summed E-state index contributed by atoms with van der Waals surface area (Å²) < 4.78 is 28.1. The number of nitrogens with two attached hydrogens (primary N) is 1. The van der Waals surface area contributed by atoms with Crippen LogP contribution in [0.1, 0.15) is 41.0 Å². The molecule has 2 heterocycles. The van der Waals surface area contributed by atoms with E-state index in [1.165, 1.54) is 0 Å². The van der Waals surface area contributed by atoms with Crippen LogP contribution in [0.25, 0.3) is 0 Å². The lowest BCUT2D eigenvalue weighted by Crippen LogP contribution is -2.64. The van der Waals surface area contributed by atoms with Crippen LogP contribution >= 0.6 is 0 Å². The van der Waals surface area contributed by atoms with E-state index in [0.29, 0.717) is 26.2 Å². The Morgan fingerprint density at radius 2 is 2.04 bits per heavy atom. The third-order valence-electron chi connectivity index (χ3n) is 3.64. The van der Waals surface area contributed by atoms with Crippen molar-refractivity contribution in [3.63, 3.8) is 0 Å². The predicted molar refractivity (Wildman–Crippen MR) is 86.4 cm³/mol. The van der Waals surface area contributed by atoms with E-state index in [0.717, 1.165) is 0 Å². The molecule has 0 aliphatic carbocycles. The molecule has 8 heteroatoms. The predicted octanol–water partition coefficient (Wildman–Crippen LogP) is 1.12. The second kappa shape index (κ2) is 7.13. The van der Waals surface area contributed by atoms with Crippen LogP contribution in [-0.4, -0.2) is 61.8 Å². The zero-order chi connectivity index (χ0) is 18.0. The highest BCUT2D eigenvalue weighted by atomic mass is 16.8. The van der Waals surface area contributed by atoms with Crippen LogP contribution in [0.15, 0.2) is 0 Å². The molecular weight excluding hydrogens is 316 g/mol. The molecule has 140 valence electrons. The summed E-state index contributed by atoms with van der Waals surface area (Å²) in [5.74, 6) is -0.699. The van der Waals surface area contributed by atoms with E-state index in [9.17, 15) is 4.79 Å². The maximum absolute atomic E-state index is 11.6. The van der Waals surface area contributed by atoms with Gasteiger partial charge < -0.3 is 29.0 Å². The molecule has 0 radical (unpaired) electrons. The normalized spacial score (nSPS) is 32.2. The third kappa shape index (κ3) is 5.29. The molecule has 0 saturated carbocycles. The van der Waals surface area contributed by atoms with E-state index in [-0.39, 0.29) is 18.8 Å². The molecule has 0 aromatic carbocycles. The van der Waals surface area contributed by atoms with Gasteiger partial charge in [0.05, 0.1) is 19.8 Å². The maximum Gasteiger partial charge on any atom is 0.407 e. The molecule has 2 fully saturated rings. The average Bonchev–Trinajstić information content (AvgIpc) is 2.72. The third-order valence-corrected chi connectivity index (χ3v) is 3.64. The lowest BCUT2D eigenvalue weighted by Gasteiger charge is -2.39. The Hall–Kier alpha value is -0.930. The molecule has 2 aliphatic rings. The Morgan fingerprint density at radius 1 is 1.33 bits per heavy atom. The standard InChI is InChI=1S/C16H30N2O6/c1-14(2,3)24-13(19)18-7-6-8-21-16(17)10-20-9-11-12(16)23-15(4,5)22-11/h11-12H,6-10,17H2,1-5H3,(H,18,19)/t11?,12?,16-/m1/s1. The summed E-state index contributed by atoms with van der Waals surface area (Å²) in [6, 6.07) is 0. The molecule has 24 heavy (non-hydrogen) atoms. The van der Waals surface area contributed by atoms with Gasteiger partial charge in [-0.15, -0.1) is 0 Å². The molecule has 0 aromatic rings. The van der Waals surface area contributed by atoms with Gasteiger partial charge in [-0.2, -0.15) is 0 Å². The number of hydrogen-bond acceptors (Lipinski definition) is 7. The van der Waals surface area contributed by atoms with Crippen LogP contribution < -0.4 is 11.1 Å². The number of alkyl carbamates (subject to hydrolysis) is 1. The second-order valence-electron chi connectivity index (χ2n) is 7.70. The van der Waals surface area contributed by atoms with Crippen molar-refractivity contribution in [3.05, 3.63) is 0 Å². The molecule has 0 aromatic heterocycles. The van der Waals surface area contributed by atoms with Crippen LogP contribution in [0.2, 0.25) is 0 Å². The largest absolute Gasteiger partial charge is 0.444 e. The number of carbonyl (C=O) groups is 1. The molecule has 2 saturated heterocycles. The van der Waals surface area contributed by atoms with E-state index in [1.54, 1.807) is 0 Å². The van der Waals surface area contributed by atoms with Crippen molar-refractivity contribution in [2.75, 3.05) is 26.4 Å². The zero-order valence-electron chi connectivity index (χ0n) is 15.2. The van der Waals surface area contributed by atoms with Crippen molar-refractivity contribution in [1.82, 2.24) is 5.32 Å². The fraction of sp³-hybridized carbons (Fsp3) is 0.938.